The molecule has 64 valence electrons. The van der Waals surface area contributed by atoms with Gasteiger partial charge in [-0.05, 0) is 25.0 Å². The van der Waals surface area contributed by atoms with Crippen LogP contribution >= 0.6 is 0 Å². The topological polar surface area (TPSA) is 60.7 Å². The largest absolute Gasteiger partial charge is 0.508 e. The molecule has 0 radical (unpaired) electrons. The standard InChI is InChI=1S/C9H10O3/c10-6-1-2-7(8(11)5-6)9(12)3-4-9/h1-2,5,10-12H,3-4H2. The van der Waals surface area contributed by atoms with Crippen LogP contribution in [0.15, 0.2) is 18.2 Å². The molecule has 2 rings (SSSR count). The van der Waals surface area contributed by atoms with Crippen LogP contribution in [0.3, 0.4) is 0 Å². The number of aromatic hydroxyl groups is 2. The maximum absolute atomic E-state index is 9.63. The summed E-state index contributed by atoms with van der Waals surface area (Å²) in [5, 5.41) is 28.0. The van der Waals surface area contributed by atoms with E-state index in [1.54, 1.807) is 6.07 Å². The van der Waals surface area contributed by atoms with Crippen molar-refractivity contribution in [2.75, 3.05) is 0 Å². The number of hydrogen-bond donors (Lipinski definition) is 3. The Hall–Kier alpha value is -1.22. The highest BCUT2D eigenvalue weighted by molar-refractivity contribution is 5.44. The minimum absolute atomic E-state index is 0.0144. The molecule has 3 nitrogen and oxygen atoms in total. The van der Waals surface area contributed by atoms with Gasteiger partial charge in [0.15, 0.2) is 0 Å². The Bertz CT molecular complexity index is 316. The van der Waals surface area contributed by atoms with E-state index in [1.165, 1.54) is 12.1 Å². The lowest BCUT2D eigenvalue weighted by atomic mass is 10.1. The summed E-state index contributed by atoms with van der Waals surface area (Å²) in [4.78, 5) is 0. The van der Waals surface area contributed by atoms with Crippen LogP contribution in [0.4, 0.5) is 0 Å². The summed E-state index contributed by atoms with van der Waals surface area (Å²) in [6, 6.07) is 4.26. The molecule has 1 fully saturated rings. The number of phenols is 2. The Morgan fingerprint density at radius 1 is 1.17 bits per heavy atom. The second-order valence-electron chi connectivity index (χ2n) is 3.23. The molecular formula is C9H10O3. The smallest absolute Gasteiger partial charge is 0.125 e. The molecule has 0 atom stereocenters. The minimum atomic E-state index is -0.836. The second kappa shape index (κ2) is 2.14. The van der Waals surface area contributed by atoms with E-state index in [9.17, 15) is 10.2 Å². The van der Waals surface area contributed by atoms with E-state index < -0.39 is 5.60 Å². The van der Waals surface area contributed by atoms with Gasteiger partial charge >= 0.3 is 0 Å². The van der Waals surface area contributed by atoms with Crippen LogP contribution in [0.5, 0.6) is 11.5 Å². The molecule has 0 aromatic heterocycles. The fourth-order valence-corrected chi connectivity index (χ4v) is 1.30. The summed E-state index contributed by atoms with van der Waals surface area (Å²) in [7, 11) is 0. The lowest BCUT2D eigenvalue weighted by Gasteiger charge is -2.09. The Kier molecular flexibility index (Phi) is 1.32. The number of benzene rings is 1. The first kappa shape index (κ1) is 7.43. The molecule has 3 heteroatoms. The fourth-order valence-electron chi connectivity index (χ4n) is 1.30. The first-order valence-electron chi connectivity index (χ1n) is 3.87. The summed E-state index contributed by atoms with van der Waals surface area (Å²) in [6.07, 6.45) is 1.37. The SMILES string of the molecule is Oc1ccc(C2(O)CC2)c(O)c1. The molecule has 0 amide bonds. The molecule has 3 N–H and O–H groups in total. The van der Waals surface area contributed by atoms with E-state index in [1.807, 2.05) is 0 Å². The molecule has 1 aromatic carbocycles. The van der Waals surface area contributed by atoms with Gasteiger partial charge < -0.3 is 15.3 Å². The van der Waals surface area contributed by atoms with Crippen molar-refractivity contribution in [1.82, 2.24) is 0 Å². The van der Waals surface area contributed by atoms with E-state index in [0.29, 0.717) is 18.4 Å². The summed E-state index contributed by atoms with van der Waals surface area (Å²) in [5.41, 5.74) is -0.321. The predicted molar refractivity (Wildman–Crippen MR) is 42.9 cm³/mol. The zero-order chi connectivity index (χ0) is 8.77. The van der Waals surface area contributed by atoms with Crippen LogP contribution in [-0.4, -0.2) is 15.3 Å². The first-order valence-corrected chi connectivity index (χ1v) is 3.87. The Balaban J connectivity index is 2.45. The third kappa shape index (κ3) is 1.02. The van der Waals surface area contributed by atoms with E-state index in [-0.39, 0.29) is 11.5 Å². The third-order valence-corrected chi connectivity index (χ3v) is 2.21. The summed E-state index contributed by atoms with van der Waals surface area (Å²) < 4.78 is 0. The molecular weight excluding hydrogens is 156 g/mol. The molecule has 0 spiro atoms. The van der Waals surface area contributed by atoms with Crippen LogP contribution in [0.25, 0.3) is 0 Å². The van der Waals surface area contributed by atoms with Crippen LogP contribution in [0, 0.1) is 0 Å². The van der Waals surface area contributed by atoms with Gasteiger partial charge in [0.2, 0.25) is 0 Å². The van der Waals surface area contributed by atoms with Gasteiger partial charge in [0.25, 0.3) is 0 Å². The quantitative estimate of drug-likeness (QED) is 0.585. The van der Waals surface area contributed by atoms with Gasteiger partial charge in [0, 0.05) is 11.6 Å². The molecule has 1 aliphatic rings. The van der Waals surface area contributed by atoms with Crippen molar-refractivity contribution in [3.63, 3.8) is 0 Å². The molecule has 0 heterocycles. The van der Waals surface area contributed by atoms with Gasteiger partial charge in [0.05, 0.1) is 5.60 Å². The minimum Gasteiger partial charge on any atom is -0.508 e. The monoisotopic (exact) mass is 166 g/mol. The van der Waals surface area contributed by atoms with Gasteiger partial charge in [-0.25, -0.2) is 0 Å². The van der Waals surface area contributed by atoms with Crippen LogP contribution in [-0.2, 0) is 5.60 Å². The predicted octanol–water partition coefficient (Wildman–Crippen LogP) is 1.08. The number of phenolic OH excluding ortho intramolecular Hbond substituents is 2. The number of rotatable bonds is 1. The fraction of sp³-hybridized carbons (Fsp3) is 0.333. The number of aliphatic hydroxyl groups is 1. The zero-order valence-electron chi connectivity index (χ0n) is 6.49. The maximum atomic E-state index is 9.63. The van der Waals surface area contributed by atoms with Crippen molar-refractivity contribution in [3.8, 4) is 11.5 Å². The van der Waals surface area contributed by atoms with Crippen molar-refractivity contribution in [2.45, 2.75) is 18.4 Å². The highest BCUT2D eigenvalue weighted by Gasteiger charge is 2.43. The van der Waals surface area contributed by atoms with E-state index in [2.05, 4.69) is 0 Å². The molecule has 0 saturated heterocycles. The van der Waals surface area contributed by atoms with E-state index >= 15 is 0 Å². The van der Waals surface area contributed by atoms with Gasteiger partial charge in [0.1, 0.15) is 11.5 Å². The molecule has 12 heavy (non-hydrogen) atoms. The first-order chi connectivity index (χ1) is 5.62. The van der Waals surface area contributed by atoms with Crippen molar-refractivity contribution < 1.29 is 15.3 Å². The van der Waals surface area contributed by atoms with Crippen molar-refractivity contribution in [2.24, 2.45) is 0 Å². The van der Waals surface area contributed by atoms with Gasteiger partial charge in [-0.15, -0.1) is 0 Å². The van der Waals surface area contributed by atoms with Crippen molar-refractivity contribution in [3.05, 3.63) is 23.8 Å². The average molecular weight is 166 g/mol. The zero-order valence-corrected chi connectivity index (χ0v) is 6.49. The summed E-state index contributed by atoms with van der Waals surface area (Å²) in [6.45, 7) is 0. The van der Waals surface area contributed by atoms with Crippen LogP contribution < -0.4 is 0 Å². The normalized spacial score (nSPS) is 19.1. The van der Waals surface area contributed by atoms with E-state index in [4.69, 9.17) is 5.11 Å². The second-order valence-corrected chi connectivity index (χ2v) is 3.23. The number of hydrogen-bond acceptors (Lipinski definition) is 3. The average Bonchev–Trinajstić information content (AvgIpc) is 2.68. The van der Waals surface area contributed by atoms with Crippen molar-refractivity contribution in [1.29, 1.82) is 0 Å². The van der Waals surface area contributed by atoms with Gasteiger partial charge in [-0.3, -0.25) is 0 Å². The molecule has 1 aromatic rings. The molecule has 0 unspecified atom stereocenters. The lowest BCUT2D eigenvalue weighted by molar-refractivity contribution is 0.147. The van der Waals surface area contributed by atoms with Crippen LogP contribution in [0.2, 0.25) is 0 Å². The van der Waals surface area contributed by atoms with Crippen molar-refractivity contribution >= 4 is 0 Å². The maximum Gasteiger partial charge on any atom is 0.125 e. The highest BCUT2D eigenvalue weighted by atomic mass is 16.3. The van der Waals surface area contributed by atoms with Crippen LogP contribution in [0.1, 0.15) is 18.4 Å². The van der Waals surface area contributed by atoms with E-state index in [0.717, 1.165) is 0 Å². The molecule has 0 bridgehead atoms. The Morgan fingerprint density at radius 2 is 1.83 bits per heavy atom. The summed E-state index contributed by atoms with van der Waals surface area (Å²) in [5.74, 6) is -0.0181. The molecule has 1 saturated carbocycles. The lowest BCUT2D eigenvalue weighted by Crippen LogP contribution is -2.03. The Labute approximate surface area is 69.9 Å². The van der Waals surface area contributed by atoms with Gasteiger partial charge in [-0.2, -0.15) is 0 Å². The Morgan fingerprint density at radius 3 is 2.33 bits per heavy atom. The molecule has 0 aliphatic heterocycles. The highest BCUT2D eigenvalue weighted by Crippen LogP contribution is 2.48. The summed E-state index contributed by atoms with van der Waals surface area (Å²) >= 11 is 0. The third-order valence-electron chi connectivity index (χ3n) is 2.21. The molecule has 1 aliphatic carbocycles. The van der Waals surface area contributed by atoms with Gasteiger partial charge in [-0.1, -0.05) is 0 Å².